The van der Waals surface area contributed by atoms with Gasteiger partial charge in [0.15, 0.2) is 0 Å². The Labute approximate surface area is 180 Å². The number of rotatable bonds is 11. The summed E-state index contributed by atoms with van der Waals surface area (Å²) in [5.41, 5.74) is 1.91. The number of carbonyl (C=O) groups excluding carboxylic acids is 1. The zero-order chi connectivity index (χ0) is 21.4. The van der Waals surface area contributed by atoms with Crippen LogP contribution in [0.4, 0.5) is 5.69 Å². The first-order valence-electron chi connectivity index (χ1n) is 11.0. The molecule has 1 atom stereocenters. The van der Waals surface area contributed by atoms with E-state index in [1.807, 2.05) is 41.3 Å². The molecular formula is C25H34N2O3. The molecule has 0 aliphatic carbocycles. The number of para-hydroxylation sites is 1. The first kappa shape index (κ1) is 22.2. The summed E-state index contributed by atoms with van der Waals surface area (Å²) in [4.78, 5) is 15.3. The number of nitrogens with zero attached hydrogens (tertiary/aromatic N) is 1. The average Bonchev–Trinajstić information content (AvgIpc) is 2.76. The quantitative estimate of drug-likeness (QED) is 0.502. The van der Waals surface area contributed by atoms with Crippen molar-refractivity contribution in [3.63, 3.8) is 0 Å². The Hall–Kier alpha value is -2.53. The van der Waals surface area contributed by atoms with Gasteiger partial charge in [-0.25, -0.2) is 0 Å². The van der Waals surface area contributed by atoms with Crippen molar-refractivity contribution in [3.8, 4) is 5.75 Å². The number of anilines is 1. The highest BCUT2D eigenvalue weighted by Gasteiger charge is 2.42. The van der Waals surface area contributed by atoms with Crippen LogP contribution in [0.3, 0.4) is 0 Å². The minimum atomic E-state index is -0.666. The summed E-state index contributed by atoms with van der Waals surface area (Å²) in [6.45, 7) is 6.20. The van der Waals surface area contributed by atoms with Crippen LogP contribution < -0.4 is 10.1 Å². The molecule has 0 radical (unpaired) electrons. The van der Waals surface area contributed by atoms with E-state index in [0.717, 1.165) is 29.8 Å². The normalized spacial score (nSPS) is 18.1. The number of nitrogens with one attached hydrogen (secondary N) is 1. The topological polar surface area (TPSA) is 50.8 Å². The Kier molecular flexibility index (Phi) is 7.75. The molecule has 1 N–H and O–H groups in total. The first-order chi connectivity index (χ1) is 14.6. The summed E-state index contributed by atoms with van der Waals surface area (Å²) in [6.07, 6.45) is 5.48. The third kappa shape index (κ3) is 4.96. The standard InChI is InChI=1S/C25H34N2O3/c1-4-5-6-9-18-30-21-13-10-12-20(19-21)25(2)26-23-15-8-7-14-22(23)24(28)27(25)16-11-17-29-3/h7-8,10,12-15,19,26H,4-6,9,11,16-18H2,1-3H3. The SMILES string of the molecule is CCCCCCOc1cccc(C2(C)Nc3ccccc3C(=O)N2CCCOC)c1. The molecule has 5 nitrogen and oxygen atoms in total. The van der Waals surface area contributed by atoms with Crippen LogP contribution in [0.2, 0.25) is 0 Å². The molecule has 3 rings (SSSR count). The second-order valence-electron chi connectivity index (χ2n) is 7.98. The highest BCUT2D eigenvalue weighted by Crippen LogP contribution is 2.38. The Bertz CT molecular complexity index is 839. The molecule has 0 bridgehead atoms. The van der Waals surface area contributed by atoms with Crippen LogP contribution in [-0.4, -0.2) is 37.7 Å². The maximum absolute atomic E-state index is 13.4. The van der Waals surface area contributed by atoms with E-state index in [1.165, 1.54) is 19.3 Å². The van der Waals surface area contributed by atoms with Crippen molar-refractivity contribution in [3.05, 3.63) is 59.7 Å². The van der Waals surface area contributed by atoms with Crippen molar-refractivity contribution in [2.45, 2.75) is 51.6 Å². The average molecular weight is 411 g/mol. The largest absolute Gasteiger partial charge is 0.494 e. The van der Waals surface area contributed by atoms with Crippen molar-refractivity contribution in [1.82, 2.24) is 4.90 Å². The lowest BCUT2D eigenvalue weighted by molar-refractivity contribution is 0.0504. The van der Waals surface area contributed by atoms with Gasteiger partial charge in [-0.1, -0.05) is 50.5 Å². The summed E-state index contributed by atoms with van der Waals surface area (Å²) >= 11 is 0. The van der Waals surface area contributed by atoms with Gasteiger partial charge in [0.2, 0.25) is 0 Å². The van der Waals surface area contributed by atoms with E-state index >= 15 is 0 Å². The zero-order valence-corrected chi connectivity index (χ0v) is 18.4. The maximum Gasteiger partial charge on any atom is 0.258 e. The monoisotopic (exact) mass is 410 g/mol. The molecule has 0 fully saturated rings. The zero-order valence-electron chi connectivity index (χ0n) is 18.4. The maximum atomic E-state index is 13.4. The predicted octanol–water partition coefficient (Wildman–Crippen LogP) is 5.42. The molecule has 0 saturated heterocycles. The Balaban J connectivity index is 1.85. The number of ether oxygens (including phenoxy) is 2. The van der Waals surface area contributed by atoms with Crippen molar-refractivity contribution in [2.75, 3.05) is 32.2 Å². The van der Waals surface area contributed by atoms with E-state index < -0.39 is 5.66 Å². The molecule has 1 unspecified atom stereocenters. The number of hydrogen-bond donors (Lipinski definition) is 1. The minimum Gasteiger partial charge on any atom is -0.494 e. The summed E-state index contributed by atoms with van der Waals surface area (Å²) in [5, 5.41) is 3.62. The Morgan fingerprint density at radius 3 is 2.63 bits per heavy atom. The molecule has 0 saturated carbocycles. The number of unbranched alkanes of at least 4 members (excludes halogenated alkanes) is 3. The summed E-state index contributed by atoms with van der Waals surface area (Å²) in [7, 11) is 1.69. The smallest absolute Gasteiger partial charge is 0.258 e. The molecule has 1 amide bonds. The molecule has 1 aliphatic rings. The highest BCUT2D eigenvalue weighted by molar-refractivity contribution is 6.02. The molecule has 2 aromatic carbocycles. The summed E-state index contributed by atoms with van der Waals surface area (Å²) in [6, 6.07) is 15.8. The second kappa shape index (κ2) is 10.5. The van der Waals surface area contributed by atoms with Crippen molar-refractivity contribution in [1.29, 1.82) is 0 Å². The van der Waals surface area contributed by atoms with Gasteiger partial charge < -0.3 is 19.7 Å². The van der Waals surface area contributed by atoms with Crippen LogP contribution in [0, 0.1) is 0 Å². The Morgan fingerprint density at radius 2 is 1.83 bits per heavy atom. The van der Waals surface area contributed by atoms with Crippen molar-refractivity contribution in [2.24, 2.45) is 0 Å². The predicted molar refractivity (Wildman–Crippen MR) is 121 cm³/mol. The fraction of sp³-hybridized carbons (Fsp3) is 0.480. The number of hydrogen-bond acceptors (Lipinski definition) is 4. The molecular weight excluding hydrogens is 376 g/mol. The van der Waals surface area contributed by atoms with Gasteiger partial charge in [0.05, 0.1) is 12.2 Å². The van der Waals surface area contributed by atoms with Gasteiger partial charge in [-0.15, -0.1) is 0 Å². The van der Waals surface area contributed by atoms with Crippen LogP contribution in [0.5, 0.6) is 5.75 Å². The lowest BCUT2D eigenvalue weighted by atomic mass is 9.93. The highest BCUT2D eigenvalue weighted by atomic mass is 16.5. The van der Waals surface area contributed by atoms with Gasteiger partial charge in [-0.2, -0.15) is 0 Å². The van der Waals surface area contributed by atoms with Crippen LogP contribution in [-0.2, 0) is 10.4 Å². The summed E-state index contributed by atoms with van der Waals surface area (Å²) < 4.78 is 11.2. The summed E-state index contributed by atoms with van der Waals surface area (Å²) in [5.74, 6) is 0.879. The third-order valence-corrected chi connectivity index (χ3v) is 5.71. The van der Waals surface area contributed by atoms with E-state index in [4.69, 9.17) is 9.47 Å². The van der Waals surface area contributed by atoms with E-state index in [1.54, 1.807) is 7.11 Å². The molecule has 5 heteroatoms. The van der Waals surface area contributed by atoms with Crippen LogP contribution in [0.15, 0.2) is 48.5 Å². The molecule has 30 heavy (non-hydrogen) atoms. The molecule has 2 aromatic rings. The lowest BCUT2D eigenvalue weighted by Gasteiger charge is -2.47. The van der Waals surface area contributed by atoms with Gasteiger partial charge >= 0.3 is 0 Å². The first-order valence-corrected chi connectivity index (χ1v) is 11.0. The molecule has 1 heterocycles. The van der Waals surface area contributed by atoms with Gasteiger partial charge in [0.25, 0.3) is 5.91 Å². The molecule has 162 valence electrons. The Morgan fingerprint density at radius 1 is 1.00 bits per heavy atom. The number of carbonyl (C=O) groups is 1. The van der Waals surface area contributed by atoms with Crippen LogP contribution >= 0.6 is 0 Å². The molecule has 1 aliphatic heterocycles. The fourth-order valence-electron chi connectivity index (χ4n) is 3.98. The van der Waals surface area contributed by atoms with E-state index in [-0.39, 0.29) is 5.91 Å². The molecule has 0 aromatic heterocycles. The fourth-order valence-corrected chi connectivity index (χ4v) is 3.98. The second-order valence-corrected chi connectivity index (χ2v) is 7.98. The van der Waals surface area contributed by atoms with E-state index in [2.05, 4.69) is 31.3 Å². The van der Waals surface area contributed by atoms with Gasteiger partial charge in [0.1, 0.15) is 11.4 Å². The van der Waals surface area contributed by atoms with Crippen molar-refractivity contribution < 1.29 is 14.3 Å². The molecule has 0 spiro atoms. The van der Waals surface area contributed by atoms with E-state index in [9.17, 15) is 4.79 Å². The number of methoxy groups -OCH3 is 1. The lowest BCUT2D eigenvalue weighted by Crippen LogP contribution is -2.56. The number of fused-ring (bicyclic) bond motifs is 1. The van der Waals surface area contributed by atoms with Gasteiger partial charge in [-0.05, 0) is 44.0 Å². The third-order valence-electron chi connectivity index (χ3n) is 5.71. The minimum absolute atomic E-state index is 0.0360. The van der Waals surface area contributed by atoms with Crippen molar-refractivity contribution >= 4 is 11.6 Å². The van der Waals surface area contributed by atoms with Gasteiger partial charge in [-0.3, -0.25) is 4.79 Å². The number of benzene rings is 2. The van der Waals surface area contributed by atoms with Crippen LogP contribution in [0.1, 0.15) is 61.9 Å². The number of amides is 1. The van der Waals surface area contributed by atoms with Gasteiger partial charge in [0, 0.05) is 31.5 Å². The van der Waals surface area contributed by atoms with E-state index in [0.29, 0.717) is 25.3 Å². The van der Waals surface area contributed by atoms with Crippen LogP contribution in [0.25, 0.3) is 0 Å².